The van der Waals surface area contributed by atoms with Crippen molar-refractivity contribution in [1.82, 2.24) is 4.57 Å². The summed E-state index contributed by atoms with van der Waals surface area (Å²) >= 11 is 0. The second-order valence-corrected chi connectivity index (χ2v) is 12.9. The van der Waals surface area contributed by atoms with Gasteiger partial charge in [0.2, 0.25) is 0 Å². The maximum atomic E-state index is 2.73. The Kier molecular flexibility index (Phi) is 5.64. The first-order valence-electron chi connectivity index (χ1n) is 14.9. The van der Waals surface area contributed by atoms with Gasteiger partial charge in [-0.2, -0.15) is 4.57 Å². The van der Waals surface area contributed by atoms with E-state index in [1.807, 2.05) is 0 Å². The van der Waals surface area contributed by atoms with Crippen LogP contribution in [0.2, 0.25) is 0 Å². The van der Waals surface area contributed by atoms with Gasteiger partial charge in [-0.05, 0) is 105 Å². The molecule has 0 aliphatic heterocycles. The van der Waals surface area contributed by atoms with E-state index in [1.165, 1.54) is 107 Å². The van der Waals surface area contributed by atoms with Crippen molar-refractivity contribution >= 4 is 0 Å². The van der Waals surface area contributed by atoms with Gasteiger partial charge in [0, 0.05) is 11.1 Å². The molecule has 7 rings (SSSR count). The van der Waals surface area contributed by atoms with Crippen molar-refractivity contribution in [3.8, 4) is 17.1 Å². The van der Waals surface area contributed by atoms with Gasteiger partial charge in [0.15, 0.2) is 0 Å². The molecule has 36 heavy (non-hydrogen) atoms. The largest absolute Gasteiger partial charge is 0.294 e. The number of aromatic nitrogens is 2. The smallest absolute Gasteiger partial charge is 0.232 e. The quantitative estimate of drug-likeness (QED) is 0.334. The minimum Gasteiger partial charge on any atom is -0.232 e. The summed E-state index contributed by atoms with van der Waals surface area (Å²) in [6.07, 6.45) is 24.3. The normalized spacial score (nSPS) is 24.7. The monoisotopic (exact) mass is 479 g/mol. The van der Waals surface area contributed by atoms with Crippen molar-refractivity contribution in [1.29, 1.82) is 0 Å². The van der Waals surface area contributed by atoms with E-state index < -0.39 is 0 Å². The molecule has 2 fully saturated rings. The molecule has 2 unspecified atom stereocenters. The summed E-state index contributed by atoms with van der Waals surface area (Å²) in [5, 5.41) is 0. The maximum Gasteiger partial charge on any atom is 0.294 e. The molecule has 2 aromatic carbocycles. The van der Waals surface area contributed by atoms with Crippen molar-refractivity contribution in [3.05, 3.63) is 70.5 Å². The number of fused-ring (bicyclic) bond motifs is 3. The number of rotatable bonds is 2. The first kappa shape index (κ1) is 22.8. The van der Waals surface area contributed by atoms with E-state index in [2.05, 4.69) is 65.8 Å². The summed E-state index contributed by atoms with van der Waals surface area (Å²) in [5.41, 5.74) is 11.7. The highest BCUT2D eigenvalue weighted by atomic mass is 15.1. The van der Waals surface area contributed by atoms with Crippen molar-refractivity contribution in [2.75, 3.05) is 0 Å². The van der Waals surface area contributed by atoms with Crippen molar-refractivity contribution in [2.45, 2.75) is 96.8 Å². The lowest BCUT2D eigenvalue weighted by molar-refractivity contribution is -0.659. The summed E-state index contributed by atoms with van der Waals surface area (Å²) in [7, 11) is 2.23. The van der Waals surface area contributed by atoms with Crippen LogP contribution in [-0.4, -0.2) is 4.57 Å². The number of benzene rings is 2. The summed E-state index contributed by atoms with van der Waals surface area (Å²) < 4.78 is 4.97. The Labute approximate surface area is 217 Å². The molecule has 2 saturated carbocycles. The fourth-order valence-electron chi connectivity index (χ4n) is 8.79. The molecule has 2 nitrogen and oxygen atoms in total. The molecule has 0 saturated heterocycles. The van der Waals surface area contributed by atoms with Crippen LogP contribution in [0.25, 0.3) is 17.1 Å². The van der Waals surface area contributed by atoms with Gasteiger partial charge < -0.3 is 0 Å². The van der Waals surface area contributed by atoms with Crippen LogP contribution >= 0.6 is 0 Å². The van der Waals surface area contributed by atoms with Crippen LogP contribution in [0, 0.1) is 24.2 Å². The predicted molar refractivity (Wildman–Crippen MR) is 148 cm³/mol. The van der Waals surface area contributed by atoms with Crippen molar-refractivity contribution in [2.24, 2.45) is 24.3 Å². The Bertz CT molecular complexity index is 1290. The molecule has 4 aliphatic carbocycles. The third-order valence-electron chi connectivity index (χ3n) is 10.7. The molecule has 3 aromatic rings. The lowest BCUT2D eigenvalue weighted by Gasteiger charge is -2.43. The Balaban J connectivity index is 1.43. The Morgan fingerprint density at radius 1 is 0.861 bits per heavy atom. The van der Waals surface area contributed by atoms with E-state index in [4.69, 9.17) is 0 Å². The zero-order valence-electron chi connectivity index (χ0n) is 22.5. The van der Waals surface area contributed by atoms with Crippen LogP contribution in [0.15, 0.2) is 42.7 Å². The molecular formula is C34H43N2+. The molecule has 0 N–H and O–H groups in total. The topological polar surface area (TPSA) is 8.81 Å². The van der Waals surface area contributed by atoms with Gasteiger partial charge >= 0.3 is 0 Å². The molecule has 0 amide bonds. The molecule has 0 radical (unpaired) electrons. The summed E-state index contributed by atoms with van der Waals surface area (Å²) in [6, 6.07) is 11.7. The molecular weight excluding hydrogens is 436 g/mol. The van der Waals surface area contributed by atoms with Gasteiger partial charge in [-0.15, -0.1) is 0 Å². The Morgan fingerprint density at radius 3 is 2.44 bits per heavy atom. The van der Waals surface area contributed by atoms with Gasteiger partial charge in [-0.3, -0.25) is 0 Å². The van der Waals surface area contributed by atoms with Crippen molar-refractivity contribution in [3.63, 3.8) is 0 Å². The lowest BCUT2D eigenvalue weighted by atomic mass is 9.62. The molecule has 1 heterocycles. The first-order chi connectivity index (χ1) is 17.6. The van der Waals surface area contributed by atoms with E-state index in [1.54, 1.807) is 27.9 Å². The van der Waals surface area contributed by atoms with Gasteiger partial charge in [0.25, 0.3) is 5.82 Å². The molecule has 2 heteroatoms. The van der Waals surface area contributed by atoms with E-state index in [0.717, 1.165) is 11.8 Å². The summed E-state index contributed by atoms with van der Waals surface area (Å²) in [5.74, 6) is 3.15. The highest BCUT2D eigenvalue weighted by Gasteiger charge is 2.41. The SMILES string of the molecule is Cc1ccccc1-c1n(-c2c3c(cc4c2CC2CCCCC2C4)CC2(CCCCC2)CC3)cc[n+]1C. The molecule has 1 aromatic heterocycles. The fraction of sp³-hybridized carbons (Fsp3) is 0.559. The molecule has 1 spiro atoms. The third kappa shape index (κ3) is 3.70. The summed E-state index contributed by atoms with van der Waals surface area (Å²) in [4.78, 5) is 0. The van der Waals surface area contributed by atoms with E-state index in [0.29, 0.717) is 5.41 Å². The van der Waals surface area contributed by atoms with Crippen molar-refractivity contribution < 1.29 is 4.57 Å². The molecule has 0 bridgehead atoms. The van der Waals surface area contributed by atoms with E-state index in [9.17, 15) is 0 Å². The van der Waals surface area contributed by atoms with E-state index in [-0.39, 0.29) is 0 Å². The minimum absolute atomic E-state index is 0.582. The van der Waals surface area contributed by atoms with Crippen LogP contribution in [0.5, 0.6) is 0 Å². The lowest BCUT2D eigenvalue weighted by Crippen LogP contribution is -2.35. The second-order valence-electron chi connectivity index (χ2n) is 12.9. The second kappa shape index (κ2) is 8.89. The molecule has 188 valence electrons. The molecule has 4 aliphatic rings. The number of nitrogens with zero attached hydrogens (tertiary/aromatic N) is 2. The maximum absolute atomic E-state index is 2.73. The summed E-state index contributed by atoms with van der Waals surface area (Å²) in [6.45, 7) is 2.27. The zero-order chi connectivity index (χ0) is 24.3. The average molecular weight is 480 g/mol. The number of imidazole rings is 1. The van der Waals surface area contributed by atoms with Crippen LogP contribution in [0.4, 0.5) is 0 Å². The number of aryl methyl sites for hydroxylation is 2. The Morgan fingerprint density at radius 2 is 1.64 bits per heavy atom. The zero-order valence-corrected chi connectivity index (χ0v) is 22.5. The standard InChI is InChI=1S/C34H43N2/c1-24-10-4-7-13-29(24)33-35(2)18-19-36(33)32-30-14-17-34(15-8-3-9-16-34)23-28(30)21-27-20-25-11-5-6-12-26(25)22-31(27)32/h4,7,10,13,18-19,21,25-26H,3,5-6,8-9,11-12,14-17,20,22-23H2,1-2H3/q+1. The van der Waals surface area contributed by atoms with Crippen LogP contribution < -0.4 is 4.57 Å². The van der Waals surface area contributed by atoms with Crippen LogP contribution in [0.3, 0.4) is 0 Å². The molecule has 2 atom stereocenters. The van der Waals surface area contributed by atoms with Crippen LogP contribution in [-0.2, 0) is 32.7 Å². The highest BCUT2D eigenvalue weighted by Crippen LogP contribution is 2.50. The average Bonchev–Trinajstić information content (AvgIpc) is 3.27. The minimum atomic E-state index is 0.582. The van der Waals surface area contributed by atoms with Gasteiger partial charge in [-0.25, -0.2) is 4.57 Å². The number of hydrogen-bond acceptors (Lipinski definition) is 0. The predicted octanol–water partition coefficient (Wildman–Crippen LogP) is 7.62. The van der Waals surface area contributed by atoms with Gasteiger partial charge in [0.05, 0.1) is 12.6 Å². The van der Waals surface area contributed by atoms with Crippen LogP contribution in [0.1, 0.15) is 92.0 Å². The Hall–Kier alpha value is -2.35. The number of hydrogen-bond donors (Lipinski definition) is 0. The van der Waals surface area contributed by atoms with Gasteiger partial charge in [0.1, 0.15) is 18.1 Å². The fourth-order valence-corrected chi connectivity index (χ4v) is 8.79. The van der Waals surface area contributed by atoms with Gasteiger partial charge in [-0.1, -0.05) is 56.4 Å². The highest BCUT2D eigenvalue weighted by molar-refractivity contribution is 5.65. The third-order valence-corrected chi connectivity index (χ3v) is 10.7. The first-order valence-corrected chi connectivity index (χ1v) is 14.9. The van der Waals surface area contributed by atoms with E-state index >= 15 is 0 Å².